The number of rotatable bonds is 8. The minimum Gasteiger partial charge on any atom is -0.463 e. The lowest BCUT2D eigenvalue weighted by Crippen LogP contribution is -2.56. The van der Waals surface area contributed by atoms with Crippen LogP contribution < -0.4 is 14.5 Å². The lowest BCUT2D eigenvalue weighted by Gasteiger charge is -2.42. The summed E-state index contributed by atoms with van der Waals surface area (Å²) in [5.41, 5.74) is 1.48. The number of nitriles is 1. The van der Waals surface area contributed by atoms with E-state index in [1.165, 1.54) is 0 Å². The molecule has 2 fully saturated rings. The van der Waals surface area contributed by atoms with Crippen molar-refractivity contribution in [2.24, 2.45) is 5.41 Å². The standard InChI is InChI=1S/C39H50ClN7O5/c1-37(2,3)51-35(48)44(7)24-39(16-17-39)25-50-34-42-30-23-45(31-13-9-11-26-10-8-12-29(40)32(26)31)19-15-28(30)33(43-34)46-20-21-47(27(22-46)14-18-41)36(49)52-38(4,5)6/h8-13,27H,14-17,19-25H2,1-7H3. The second-order valence-electron chi connectivity index (χ2n) is 16.3. The number of amides is 2. The van der Waals surface area contributed by atoms with Crippen LogP contribution in [-0.4, -0.2) is 95.6 Å². The van der Waals surface area contributed by atoms with Gasteiger partial charge >= 0.3 is 18.2 Å². The molecular weight excluding hydrogens is 682 g/mol. The van der Waals surface area contributed by atoms with Crippen LogP contribution in [0.2, 0.25) is 5.02 Å². The Morgan fingerprint density at radius 1 is 1.00 bits per heavy atom. The molecule has 0 bridgehead atoms. The van der Waals surface area contributed by atoms with Crippen LogP contribution in [0.1, 0.15) is 72.1 Å². The molecule has 6 rings (SSSR count). The molecule has 2 aromatic carbocycles. The smallest absolute Gasteiger partial charge is 0.410 e. The first kappa shape index (κ1) is 37.3. The van der Waals surface area contributed by atoms with Crippen LogP contribution in [0.15, 0.2) is 36.4 Å². The summed E-state index contributed by atoms with van der Waals surface area (Å²) in [5, 5.41) is 12.5. The Labute approximate surface area is 311 Å². The highest BCUT2D eigenvalue weighted by Crippen LogP contribution is 2.47. The zero-order valence-electron chi connectivity index (χ0n) is 31.4. The second-order valence-corrected chi connectivity index (χ2v) is 16.7. The molecule has 2 amide bonds. The quantitative estimate of drug-likeness (QED) is 0.235. The molecule has 0 spiro atoms. The molecular formula is C39H50ClN7O5. The summed E-state index contributed by atoms with van der Waals surface area (Å²) < 4.78 is 17.7. The van der Waals surface area contributed by atoms with E-state index >= 15 is 0 Å². The van der Waals surface area contributed by atoms with E-state index in [1.54, 1.807) is 16.8 Å². The van der Waals surface area contributed by atoms with Gasteiger partial charge < -0.3 is 33.8 Å². The highest BCUT2D eigenvalue weighted by Gasteiger charge is 2.46. The van der Waals surface area contributed by atoms with Gasteiger partial charge in [-0.15, -0.1) is 0 Å². The van der Waals surface area contributed by atoms with E-state index in [4.69, 9.17) is 35.8 Å². The minimum atomic E-state index is -0.649. The zero-order valence-corrected chi connectivity index (χ0v) is 32.1. The van der Waals surface area contributed by atoms with Crippen molar-refractivity contribution >= 4 is 46.1 Å². The molecule has 2 aliphatic heterocycles. The molecule has 0 N–H and O–H groups in total. The van der Waals surface area contributed by atoms with Crippen LogP contribution in [0.5, 0.6) is 6.01 Å². The molecule has 278 valence electrons. The fourth-order valence-electron chi connectivity index (χ4n) is 7.00. The molecule has 1 atom stereocenters. The number of benzene rings is 2. The number of anilines is 2. The lowest BCUT2D eigenvalue weighted by atomic mass is 10.0. The van der Waals surface area contributed by atoms with Gasteiger partial charge in [-0.3, -0.25) is 0 Å². The molecule has 3 heterocycles. The van der Waals surface area contributed by atoms with Crippen molar-refractivity contribution in [2.45, 2.75) is 91.0 Å². The van der Waals surface area contributed by atoms with Gasteiger partial charge in [-0.1, -0.05) is 35.9 Å². The monoisotopic (exact) mass is 731 g/mol. The maximum atomic E-state index is 13.2. The van der Waals surface area contributed by atoms with Gasteiger partial charge in [0.25, 0.3) is 0 Å². The van der Waals surface area contributed by atoms with Crippen LogP contribution >= 0.6 is 11.6 Å². The van der Waals surface area contributed by atoms with Crippen LogP contribution in [-0.2, 0) is 22.4 Å². The Kier molecular flexibility index (Phi) is 10.4. The van der Waals surface area contributed by atoms with Crippen LogP contribution in [0.4, 0.5) is 21.1 Å². The fraction of sp³-hybridized carbons (Fsp3) is 0.564. The van der Waals surface area contributed by atoms with E-state index in [0.29, 0.717) is 50.8 Å². The third-order valence-corrected chi connectivity index (χ3v) is 9.99. The topological polar surface area (TPSA) is 124 Å². The van der Waals surface area contributed by atoms with Crippen LogP contribution in [0, 0.1) is 16.7 Å². The van der Waals surface area contributed by atoms with Gasteiger partial charge in [0.15, 0.2) is 0 Å². The van der Waals surface area contributed by atoms with E-state index in [9.17, 15) is 14.9 Å². The summed E-state index contributed by atoms with van der Waals surface area (Å²) in [6, 6.07) is 14.3. The van der Waals surface area contributed by atoms with Gasteiger partial charge in [0.2, 0.25) is 0 Å². The third-order valence-electron chi connectivity index (χ3n) is 9.67. The van der Waals surface area contributed by atoms with Gasteiger partial charge in [-0.05, 0) is 78.3 Å². The maximum absolute atomic E-state index is 13.2. The first-order valence-electron chi connectivity index (χ1n) is 18.1. The molecule has 1 unspecified atom stereocenters. The average molecular weight is 732 g/mol. The number of fused-ring (bicyclic) bond motifs is 2. The first-order valence-corrected chi connectivity index (χ1v) is 18.4. The van der Waals surface area contributed by atoms with E-state index in [-0.39, 0.29) is 30.0 Å². The van der Waals surface area contributed by atoms with Gasteiger partial charge in [-0.2, -0.15) is 15.2 Å². The Hall–Kier alpha value is -4.50. The van der Waals surface area contributed by atoms with Crippen molar-refractivity contribution in [2.75, 3.05) is 56.2 Å². The number of halogens is 1. The number of ether oxygens (including phenoxy) is 3. The highest BCUT2D eigenvalue weighted by atomic mass is 35.5. The second kappa shape index (κ2) is 14.5. The van der Waals surface area contributed by atoms with Gasteiger partial charge in [0.05, 0.1) is 42.4 Å². The fourth-order valence-corrected chi connectivity index (χ4v) is 7.28. The van der Waals surface area contributed by atoms with Gasteiger partial charge in [0, 0.05) is 61.8 Å². The third kappa shape index (κ3) is 8.58. The molecule has 12 nitrogen and oxygen atoms in total. The summed E-state index contributed by atoms with van der Waals surface area (Å²) in [5.74, 6) is 0.762. The summed E-state index contributed by atoms with van der Waals surface area (Å²) in [7, 11) is 1.75. The lowest BCUT2D eigenvalue weighted by molar-refractivity contribution is 0.0143. The van der Waals surface area contributed by atoms with Gasteiger partial charge in [-0.25, -0.2) is 9.59 Å². The molecule has 1 saturated carbocycles. The number of aromatic nitrogens is 2. The molecule has 1 aromatic heterocycles. The predicted octanol–water partition coefficient (Wildman–Crippen LogP) is 7.21. The van der Waals surface area contributed by atoms with Crippen molar-refractivity contribution in [3.05, 3.63) is 52.7 Å². The Morgan fingerprint density at radius 2 is 1.71 bits per heavy atom. The number of carbonyl (C=O) groups is 2. The minimum absolute atomic E-state index is 0.162. The number of carbonyl (C=O) groups excluding carboxylic acids is 2. The highest BCUT2D eigenvalue weighted by molar-refractivity contribution is 6.36. The Morgan fingerprint density at radius 3 is 2.38 bits per heavy atom. The van der Waals surface area contributed by atoms with Crippen molar-refractivity contribution < 1.29 is 23.8 Å². The number of piperazine rings is 1. The van der Waals surface area contributed by atoms with Gasteiger partial charge in [0.1, 0.15) is 17.0 Å². The van der Waals surface area contributed by atoms with Crippen LogP contribution in [0.25, 0.3) is 10.8 Å². The van der Waals surface area contributed by atoms with Crippen LogP contribution in [0.3, 0.4) is 0 Å². The van der Waals surface area contributed by atoms with E-state index < -0.39 is 17.3 Å². The molecule has 1 aliphatic carbocycles. The SMILES string of the molecule is CN(CC1(COc2nc3c(c(N4CCN(C(=O)OC(C)(C)C)C(CC#N)C4)n2)CCN(c2cccc4cccc(Cl)c24)C3)CC1)C(=O)OC(C)(C)C. The number of nitrogens with zero attached hydrogens (tertiary/aromatic N) is 7. The molecule has 52 heavy (non-hydrogen) atoms. The van der Waals surface area contributed by atoms with Crippen molar-refractivity contribution in [3.8, 4) is 12.1 Å². The maximum Gasteiger partial charge on any atom is 0.410 e. The number of hydrogen-bond acceptors (Lipinski definition) is 10. The molecule has 0 radical (unpaired) electrons. The summed E-state index contributed by atoms with van der Waals surface area (Å²) in [6.07, 6.45) is 1.89. The molecule has 1 saturated heterocycles. The Balaban J connectivity index is 1.29. The van der Waals surface area contributed by atoms with Crippen molar-refractivity contribution in [3.63, 3.8) is 0 Å². The normalized spacial score (nSPS) is 18.4. The summed E-state index contributed by atoms with van der Waals surface area (Å²) >= 11 is 6.75. The largest absolute Gasteiger partial charge is 0.463 e. The summed E-state index contributed by atoms with van der Waals surface area (Å²) in [4.78, 5) is 43.7. The average Bonchev–Trinajstić information content (AvgIpc) is 3.84. The zero-order chi connectivity index (χ0) is 37.4. The molecule has 3 aliphatic rings. The van der Waals surface area contributed by atoms with Crippen molar-refractivity contribution in [1.82, 2.24) is 19.8 Å². The predicted molar refractivity (Wildman–Crippen MR) is 201 cm³/mol. The number of hydrogen-bond donors (Lipinski definition) is 0. The Bertz CT molecular complexity index is 1860. The van der Waals surface area contributed by atoms with E-state index in [0.717, 1.165) is 52.9 Å². The van der Waals surface area contributed by atoms with Crippen molar-refractivity contribution in [1.29, 1.82) is 5.26 Å². The molecule has 13 heteroatoms. The first-order chi connectivity index (χ1) is 24.5. The summed E-state index contributed by atoms with van der Waals surface area (Å²) in [6.45, 7) is 14.5. The molecule has 3 aromatic rings. The van der Waals surface area contributed by atoms with E-state index in [2.05, 4.69) is 34.1 Å². The van der Waals surface area contributed by atoms with E-state index in [1.807, 2.05) is 59.7 Å².